The molecule has 0 saturated heterocycles. The molecule has 3 rings (SSSR count). The summed E-state index contributed by atoms with van der Waals surface area (Å²) < 4.78 is 2.21. The maximum absolute atomic E-state index is 12.5. The molecule has 0 aliphatic carbocycles. The normalized spacial score (nSPS) is 12.0. The van der Waals surface area contributed by atoms with Crippen molar-refractivity contribution in [2.45, 2.75) is 19.4 Å². The van der Waals surface area contributed by atoms with Crippen LogP contribution >= 0.6 is 23.6 Å². The zero-order valence-corrected chi connectivity index (χ0v) is 14.9. The summed E-state index contributed by atoms with van der Waals surface area (Å²) in [6.45, 7) is 2.42. The van der Waals surface area contributed by atoms with Crippen LogP contribution in [0.3, 0.4) is 0 Å². The molecule has 0 saturated carbocycles. The molecule has 1 amide bonds. The van der Waals surface area contributed by atoms with Crippen molar-refractivity contribution < 1.29 is 4.79 Å². The number of carbonyl (C=O) groups is 1. The monoisotopic (exact) mass is 358 g/mol. The quantitative estimate of drug-likeness (QED) is 0.662. The average Bonchev–Trinajstić information content (AvgIpc) is 3.24. The van der Waals surface area contributed by atoms with Gasteiger partial charge in [0.1, 0.15) is 6.04 Å². The Morgan fingerprint density at radius 3 is 2.83 bits per heavy atom. The van der Waals surface area contributed by atoms with E-state index in [1.54, 1.807) is 15.9 Å². The van der Waals surface area contributed by atoms with Crippen LogP contribution in [0.1, 0.15) is 18.5 Å². The van der Waals surface area contributed by atoms with Gasteiger partial charge in [0.2, 0.25) is 5.91 Å². The maximum atomic E-state index is 12.5. The second-order valence-electron chi connectivity index (χ2n) is 5.40. The van der Waals surface area contributed by atoms with E-state index in [9.17, 15) is 4.79 Å². The molecule has 0 aliphatic rings. The Hall–Kier alpha value is -2.25. The lowest BCUT2D eigenvalue weighted by Gasteiger charge is -2.15. The van der Waals surface area contributed by atoms with Crippen LogP contribution in [0.4, 0.5) is 0 Å². The van der Waals surface area contributed by atoms with Crippen LogP contribution in [-0.2, 0) is 11.2 Å². The van der Waals surface area contributed by atoms with Gasteiger partial charge in [0.25, 0.3) is 0 Å². The van der Waals surface area contributed by atoms with Gasteiger partial charge >= 0.3 is 0 Å². The number of nitrogens with zero attached hydrogens (tertiary/aromatic N) is 2. The smallest absolute Gasteiger partial charge is 0.242 e. The first-order valence-electron chi connectivity index (χ1n) is 7.69. The number of rotatable bonds is 6. The standard InChI is InChI=1S/C17H18N4OS2/c1-12(16(22)18-10-9-13-6-3-2-4-7-13)21-15(19-20-17(21)23)14-8-5-11-24-14/h2-8,11-12H,9-10H2,1H3,(H,18,22)(H,20,23)/t12-/m0/s1. The van der Waals surface area contributed by atoms with Crippen LogP contribution in [-0.4, -0.2) is 27.2 Å². The number of aromatic nitrogens is 3. The Bertz CT molecular complexity index is 852. The lowest BCUT2D eigenvalue weighted by Crippen LogP contribution is -2.32. The number of thiophene rings is 1. The highest BCUT2D eigenvalue weighted by atomic mass is 32.1. The van der Waals surface area contributed by atoms with Gasteiger partial charge in [-0.2, -0.15) is 5.10 Å². The fraction of sp³-hybridized carbons (Fsp3) is 0.235. The third kappa shape index (κ3) is 3.63. The van der Waals surface area contributed by atoms with Crippen molar-refractivity contribution in [1.82, 2.24) is 20.1 Å². The molecule has 0 unspecified atom stereocenters. The van der Waals surface area contributed by atoms with Gasteiger partial charge in [0.15, 0.2) is 10.6 Å². The summed E-state index contributed by atoms with van der Waals surface area (Å²) in [5, 5.41) is 12.0. The topological polar surface area (TPSA) is 62.7 Å². The lowest BCUT2D eigenvalue weighted by molar-refractivity contribution is -0.123. The molecule has 3 aromatic rings. The van der Waals surface area contributed by atoms with Gasteiger partial charge in [-0.05, 0) is 42.6 Å². The van der Waals surface area contributed by atoms with Gasteiger partial charge in [-0.3, -0.25) is 14.5 Å². The van der Waals surface area contributed by atoms with Crippen LogP contribution < -0.4 is 5.32 Å². The molecule has 0 radical (unpaired) electrons. The SMILES string of the molecule is C[C@@H](C(=O)NCCc1ccccc1)n1c(-c2cccs2)n[nH]c1=S. The summed E-state index contributed by atoms with van der Waals surface area (Å²) in [6.07, 6.45) is 0.799. The van der Waals surface area contributed by atoms with Crippen LogP contribution in [0.25, 0.3) is 10.7 Å². The second kappa shape index (κ2) is 7.55. The van der Waals surface area contributed by atoms with Crippen molar-refractivity contribution in [3.05, 3.63) is 58.2 Å². The van der Waals surface area contributed by atoms with Crippen molar-refractivity contribution in [3.8, 4) is 10.7 Å². The van der Waals surface area contributed by atoms with Crippen molar-refractivity contribution in [3.63, 3.8) is 0 Å². The highest BCUT2D eigenvalue weighted by Gasteiger charge is 2.20. The third-order valence-electron chi connectivity index (χ3n) is 3.77. The number of benzene rings is 1. The lowest BCUT2D eigenvalue weighted by atomic mass is 10.1. The predicted molar refractivity (Wildman–Crippen MR) is 98.6 cm³/mol. The van der Waals surface area contributed by atoms with E-state index in [0.717, 1.165) is 11.3 Å². The van der Waals surface area contributed by atoms with Crippen molar-refractivity contribution >= 4 is 29.5 Å². The minimum absolute atomic E-state index is 0.0683. The molecule has 1 aromatic carbocycles. The van der Waals surface area contributed by atoms with Gasteiger partial charge in [0.05, 0.1) is 4.88 Å². The molecule has 0 spiro atoms. The van der Waals surface area contributed by atoms with Gasteiger partial charge in [-0.15, -0.1) is 11.3 Å². The molecule has 7 heteroatoms. The number of hydrogen-bond donors (Lipinski definition) is 2. The minimum atomic E-state index is -0.427. The summed E-state index contributed by atoms with van der Waals surface area (Å²) in [4.78, 5) is 13.5. The Kier molecular flexibility index (Phi) is 5.22. The highest BCUT2D eigenvalue weighted by Crippen LogP contribution is 2.25. The predicted octanol–water partition coefficient (Wildman–Crippen LogP) is 3.59. The molecule has 0 fully saturated rings. The first-order valence-corrected chi connectivity index (χ1v) is 8.98. The molecule has 0 aliphatic heterocycles. The van der Waals surface area contributed by atoms with E-state index in [0.29, 0.717) is 17.1 Å². The van der Waals surface area contributed by atoms with Gasteiger partial charge in [0, 0.05) is 6.54 Å². The number of aromatic amines is 1. The first-order chi connectivity index (χ1) is 11.7. The second-order valence-corrected chi connectivity index (χ2v) is 6.74. The largest absolute Gasteiger partial charge is 0.354 e. The van der Waals surface area contributed by atoms with Crippen molar-refractivity contribution in [2.24, 2.45) is 0 Å². The summed E-state index contributed by atoms with van der Waals surface area (Å²) >= 11 is 6.87. The third-order valence-corrected chi connectivity index (χ3v) is 4.92. The summed E-state index contributed by atoms with van der Waals surface area (Å²) in [5.41, 5.74) is 1.20. The van der Waals surface area contributed by atoms with E-state index in [4.69, 9.17) is 12.2 Å². The zero-order chi connectivity index (χ0) is 16.9. The summed E-state index contributed by atoms with van der Waals surface area (Å²) in [7, 11) is 0. The van der Waals surface area contributed by atoms with Crippen LogP contribution in [0.5, 0.6) is 0 Å². The molecule has 2 heterocycles. The van der Waals surface area contributed by atoms with Crippen molar-refractivity contribution in [2.75, 3.05) is 6.54 Å². The summed E-state index contributed by atoms with van der Waals surface area (Å²) in [6, 6.07) is 13.6. The number of carbonyl (C=O) groups excluding carboxylic acids is 1. The Balaban J connectivity index is 1.68. The Labute approximate surface area is 149 Å². The molecule has 5 nitrogen and oxygen atoms in total. The fourth-order valence-electron chi connectivity index (χ4n) is 2.48. The van der Waals surface area contributed by atoms with Crippen LogP contribution in [0.15, 0.2) is 47.8 Å². The van der Waals surface area contributed by atoms with E-state index >= 15 is 0 Å². The van der Waals surface area contributed by atoms with Gasteiger partial charge < -0.3 is 5.32 Å². The van der Waals surface area contributed by atoms with Crippen molar-refractivity contribution in [1.29, 1.82) is 0 Å². The van der Waals surface area contributed by atoms with E-state index in [1.165, 1.54) is 5.56 Å². The zero-order valence-electron chi connectivity index (χ0n) is 13.2. The van der Waals surface area contributed by atoms with Gasteiger partial charge in [-0.1, -0.05) is 36.4 Å². The molecule has 0 bridgehead atoms. The number of hydrogen-bond acceptors (Lipinski definition) is 4. The van der Waals surface area contributed by atoms with Gasteiger partial charge in [-0.25, -0.2) is 0 Å². The first kappa shape index (κ1) is 16.6. The maximum Gasteiger partial charge on any atom is 0.242 e. The highest BCUT2D eigenvalue weighted by molar-refractivity contribution is 7.71. The molecular formula is C17H18N4OS2. The van der Waals surface area contributed by atoms with E-state index < -0.39 is 6.04 Å². The average molecular weight is 358 g/mol. The molecule has 2 N–H and O–H groups in total. The van der Waals surface area contributed by atoms with Crippen LogP contribution in [0, 0.1) is 4.77 Å². The number of nitrogens with one attached hydrogen (secondary N) is 2. The van der Waals surface area contributed by atoms with Crippen LogP contribution in [0.2, 0.25) is 0 Å². The summed E-state index contributed by atoms with van der Waals surface area (Å²) in [5.74, 6) is 0.627. The Morgan fingerprint density at radius 2 is 2.12 bits per heavy atom. The number of amides is 1. The molecule has 2 aromatic heterocycles. The molecule has 1 atom stereocenters. The van der Waals surface area contributed by atoms with E-state index in [2.05, 4.69) is 27.6 Å². The molecule has 24 heavy (non-hydrogen) atoms. The van der Waals surface area contributed by atoms with E-state index in [-0.39, 0.29) is 5.91 Å². The number of H-pyrrole nitrogens is 1. The Morgan fingerprint density at radius 1 is 1.33 bits per heavy atom. The molecule has 124 valence electrons. The minimum Gasteiger partial charge on any atom is -0.354 e. The fourth-order valence-corrected chi connectivity index (χ4v) is 3.48. The van der Waals surface area contributed by atoms with E-state index in [1.807, 2.05) is 42.6 Å². The molecular weight excluding hydrogens is 340 g/mol.